The lowest BCUT2D eigenvalue weighted by Gasteiger charge is -2.32. The molecule has 0 N–H and O–H groups in total. The molecular weight excluding hydrogens is 178 g/mol. The predicted octanol–water partition coefficient (Wildman–Crippen LogP) is 2.15. The molecule has 0 saturated heterocycles. The topological polar surface area (TPSA) is 26.3 Å². The fraction of sp³-hybridized carbons (Fsp3) is 0.667. The molecule has 1 aliphatic carbocycles. The molecule has 0 spiro atoms. The van der Waals surface area contributed by atoms with E-state index in [1.54, 1.807) is 6.92 Å². The molecule has 0 aliphatic heterocycles. The summed E-state index contributed by atoms with van der Waals surface area (Å²) in [6.07, 6.45) is 2.42. The number of hydrogen-bond acceptors (Lipinski definition) is 2. The number of ether oxygens (including phenoxy) is 1. The molecule has 13 heavy (non-hydrogen) atoms. The summed E-state index contributed by atoms with van der Waals surface area (Å²) in [6, 6.07) is 0. The maximum Gasteiger partial charge on any atom is 0.330 e. The standard InChI is InChI=1S/C9H12F2O2/c1-2-13-8(12)4-3-7-5-9(10,11)6-7/h3-4,7H,2,5-6H2,1H3/b4-3+. The van der Waals surface area contributed by atoms with Gasteiger partial charge in [0, 0.05) is 18.9 Å². The van der Waals surface area contributed by atoms with Gasteiger partial charge in [-0.2, -0.15) is 0 Å². The number of rotatable bonds is 3. The summed E-state index contributed by atoms with van der Waals surface area (Å²) in [5.74, 6) is -3.15. The number of allylic oxidation sites excluding steroid dienone is 1. The lowest BCUT2D eigenvalue weighted by atomic mass is 9.81. The van der Waals surface area contributed by atoms with Crippen LogP contribution < -0.4 is 0 Å². The summed E-state index contributed by atoms with van der Waals surface area (Å²) in [4.78, 5) is 10.8. The normalized spacial score (nSPS) is 21.5. The van der Waals surface area contributed by atoms with Gasteiger partial charge in [0.25, 0.3) is 0 Å². The smallest absolute Gasteiger partial charge is 0.330 e. The van der Waals surface area contributed by atoms with E-state index in [4.69, 9.17) is 0 Å². The molecule has 0 radical (unpaired) electrons. The van der Waals surface area contributed by atoms with Crippen LogP contribution in [-0.2, 0) is 9.53 Å². The predicted molar refractivity (Wildman–Crippen MR) is 43.4 cm³/mol. The highest BCUT2D eigenvalue weighted by Gasteiger charge is 2.43. The summed E-state index contributed by atoms with van der Waals surface area (Å²) in [6.45, 7) is 2.01. The lowest BCUT2D eigenvalue weighted by molar-refractivity contribution is -0.137. The molecule has 4 heteroatoms. The van der Waals surface area contributed by atoms with E-state index in [1.165, 1.54) is 12.2 Å². The average molecular weight is 190 g/mol. The van der Waals surface area contributed by atoms with Crippen molar-refractivity contribution in [2.75, 3.05) is 6.61 Å². The van der Waals surface area contributed by atoms with Gasteiger partial charge >= 0.3 is 5.97 Å². The van der Waals surface area contributed by atoms with Crippen molar-refractivity contribution in [3.8, 4) is 0 Å². The Morgan fingerprint density at radius 3 is 2.69 bits per heavy atom. The SMILES string of the molecule is CCOC(=O)/C=C/C1CC(F)(F)C1. The highest BCUT2D eigenvalue weighted by molar-refractivity contribution is 5.81. The van der Waals surface area contributed by atoms with Crippen LogP contribution in [0.2, 0.25) is 0 Å². The molecule has 74 valence electrons. The van der Waals surface area contributed by atoms with Crippen molar-refractivity contribution in [1.29, 1.82) is 0 Å². The average Bonchev–Trinajstić information content (AvgIpc) is 1.97. The van der Waals surface area contributed by atoms with Gasteiger partial charge in [0.15, 0.2) is 0 Å². The number of hydrogen-bond donors (Lipinski definition) is 0. The molecule has 1 aliphatic rings. The second kappa shape index (κ2) is 3.85. The van der Waals surface area contributed by atoms with Crippen LogP contribution in [0.15, 0.2) is 12.2 Å². The van der Waals surface area contributed by atoms with Gasteiger partial charge in [0.2, 0.25) is 5.92 Å². The first kappa shape index (κ1) is 10.2. The third-order valence-electron chi connectivity index (χ3n) is 1.91. The Morgan fingerprint density at radius 1 is 1.62 bits per heavy atom. The monoisotopic (exact) mass is 190 g/mol. The molecule has 1 saturated carbocycles. The van der Waals surface area contributed by atoms with Gasteiger partial charge in [-0.25, -0.2) is 13.6 Å². The van der Waals surface area contributed by atoms with Crippen LogP contribution in [-0.4, -0.2) is 18.5 Å². The molecule has 0 amide bonds. The summed E-state index contributed by atoms with van der Waals surface area (Å²) in [5.41, 5.74) is 0. The Bertz CT molecular complexity index is 216. The second-order valence-corrected chi connectivity index (χ2v) is 3.14. The lowest BCUT2D eigenvalue weighted by Crippen LogP contribution is -2.34. The maximum absolute atomic E-state index is 12.3. The number of carbonyl (C=O) groups is 1. The van der Waals surface area contributed by atoms with Crippen LogP contribution in [0.4, 0.5) is 8.78 Å². The first-order valence-electron chi connectivity index (χ1n) is 4.26. The number of carbonyl (C=O) groups excluding carboxylic acids is 1. The van der Waals surface area contributed by atoms with Crippen molar-refractivity contribution in [2.45, 2.75) is 25.7 Å². The minimum absolute atomic E-state index is 0.150. The van der Waals surface area contributed by atoms with Crippen LogP contribution in [0, 0.1) is 5.92 Å². The largest absolute Gasteiger partial charge is 0.463 e. The molecule has 0 atom stereocenters. The fourth-order valence-electron chi connectivity index (χ4n) is 1.25. The van der Waals surface area contributed by atoms with Gasteiger partial charge in [-0.3, -0.25) is 0 Å². The Morgan fingerprint density at radius 2 is 2.23 bits per heavy atom. The highest BCUT2D eigenvalue weighted by Crippen LogP contribution is 2.42. The zero-order valence-electron chi connectivity index (χ0n) is 7.43. The zero-order valence-corrected chi connectivity index (χ0v) is 7.43. The van der Waals surface area contributed by atoms with Gasteiger partial charge in [0.05, 0.1) is 6.61 Å². The molecule has 0 heterocycles. The minimum atomic E-state index is -2.52. The Balaban J connectivity index is 2.23. The summed E-state index contributed by atoms with van der Waals surface area (Å²) in [5, 5.41) is 0. The van der Waals surface area contributed by atoms with Gasteiger partial charge in [-0.1, -0.05) is 6.08 Å². The van der Waals surface area contributed by atoms with Gasteiger partial charge < -0.3 is 4.74 Å². The molecule has 0 aromatic carbocycles. The number of alkyl halides is 2. The first-order chi connectivity index (χ1) is 6.03. The van der Waals surface area contributed by atoms with E-state index in [9.17, 15) is 13.6 Å². The molecule has 1 fully saturated rings. The number of esters is 1. The van der Waals surface area contributed by atoms with E-state index in [0.717, 1.165) is 0 Å². The van der Waals surface area contributed by atoms with Crippen molar-refractivity contribution in [3.63, 3.8) is 0 Å². The molecule has 1 rings (SSSR count). The van der Waals surface area contributed by atoms with E-state index < -0.39 is 11.9 Å². The van der Waals surface area contributed by atoms with E-state index in [0.29, 0.717) is 6.61 Å². The van der Waals surface area contributed by atoms with Crippen LogP contribution in [0.1, 0.15) is 19.8 Å². The maximum atomic E-state index is 12.3. The van der Waals surface area contributed by atoms with Crippen molar-refractivity contribution in [2.24, 2.45) is 5.92 Å². The van der Waals surface area contributed by atoms with Crippen molar-refractivity contribution in [3.05, 3.63) is 12.2 Å². The van der Waals surface area contributed by atoms with E-state index >= 15 is 0 Å². The molecule has 0 bridgehead atoms. The van der Waals surface area contributed by atoms with Crippen LogP contribution in [0.3, 0.4) is 0 Å². The molecule has 0 aromatic rings. The minimum Gasteiger partial charge on any atom is -0.463 e. The first-order valence-corrected chi connectivity index (χ1v) is 4.26. The van der Waals surface area contributed by atoms with Crippen LogP contribution in [0.25, 0.3) is 0 Å². The zero-order chi connectivity index (χ0) is 9.90. The number of halogens is 2. The molecule has 2 nitrogen and oxygen atoms in total. The van der Waals surface area contributed by atoms with E-state index in [-0.39, 0.29) is 18.8 Å². The van der Waals surface area contributed by atoms with E-state index in [1.807, 2.05) is 0 Å². The quantitative estimate of drug-likeness (QED) is 0.503. The van der Waals surface area contributed by atoms with Crippen molar-refractivity contribution in [1.82, 2.24) is 0 Å². The van der Waals surface area contributed by atoms with E-state index in [2.05, 4.69) is 4.74 Å². The van der Waals surface area contributed by atoms with Crippen LogP contribution >= 0.6 is 0 Å². The van der Waals surface area contributed by atoms with Crippen LogP contribution in [0.5, 0.6) is 0 Å². The van der Waals surface area contributed by atoms with Gasteiger partial charge in [0.1, 0.15) is 0 Å². The third-order valence-corrected chi connectivity index (χ3v) is 1.91. The Labute approximate surface area is 75.6 Å². The third kappa shape index (κ3) is 3.13. The molecular formula is C9H12F2O2. The summed E-state index contributed by atoms with van der Waals surface area (Å²) in [7, 11) is 0. The highest BCUT2D eigenvalue weighted by atomic mass is 19.3. The molecule has 0 aromatic heterocycles. The Kier molecular flexibility index (Phi) is 3.01. The van der Waals surface area contributed by atoms with Gasteiger partial charge in [-0.05, 0) is 12.8 Å². The molecule has 0 unspecified atom stereocenters. The second-order valence-electron chi connectivity index (χ2n) is 3.14. The Hall–Kier alpha value is -0.930. The van der Waals surface area contributed by atoms with Gasteiger partial charge in [-0.15, -0.1) is 0 Å². The fourth-order valence-corrected chi connectivity index (χ4v) is 1.25. The summed E-state index contributed by atoms with van der Waals surface area (Å²) >= 11 is 0. The van der Waals surface area contributed by atoms with Crippen molar-refractivity contribution < 1.29 is 18.3 Å². The van der Waals surface area contributed by atoms with Crippen molar-refractivity contribution >= 4 is 5.97 Å². The summed E-state index contributed by atoms with van der Waals surface area (Å²) < 4.78 is 29.2.